The first-order valence-electron chi connectivity index (χ1n) is 9.09. The zero-order valence-electron chi connectivity index (χ0n) is 15.6. The van der Waals surface area contributed by atoms with E-state index in [4.69, 9.17) is 11.3 Å². The summed E-state index contributed by atoms with van der Waals surface area (Å²) in [5.74, 6) is 1.76. The molecule has 1 aliphatic heterocycles. The molecular weight excluding hydrogens is 332 g/mol. The number of nitrogens with zero attached hydrogens (tertiary/aromatic N) is 2. The van der Waals surface area contributed by atoms with E-state index >= 15 is 0 Å². The van der Waals surface area contributed by atoms with Crippen molar-refractivity contribution in [3.8, 4) is 22.8 Å². The minimum absolute atomic E-state index is 0.375. The maximum Gasteiger partial charge on any atom is 0.256 e. The van der Waals surface area contributed by atoms with Crippen molar-refractivity contribution in [2.45, 2.75) is 20.4 Å². The van der Waals surface area contributed by atoms with Crippen LogP contribution in [0.25, 0.3) is 37.8 Å². The Bertz CT molecular complexity index is 1310. The van der Waals surface area contributed by atoms with Gasteiger partial charge in [-0.3, -0.25) is 0 Å². The first-order valence-corrected chi connectivity index (χ1v) is 9.09. The molecule has 3 heteroatoms. The van der Waals surface area contributed by atoms with Gasteiger partial charge in [0, 0.05) is 23.1 Å². The fourth-order valence-corrected chi connectivity index (χ4v) is 4.30. The lowest BCUT2D eigenvalue weighted by Gasteiger charge is -2.22. The van der Waals surface area contributed by atoms with Crippen LogP contribution < -0.4 is 9.30 Å². The number of aryl methyl sites for hydroxylation is 2. The number of fused-ring (bicyclic) bond motifs is 3. The second kappa shape index (κ2) is 5.56. The van der Waals surface area contributed by atoms with Crippen molar-refractivity contribution in [3.63, 3.8) is 0 Å². The average Bonchev–Trinajstić information content (AvgIpc) is 2.66. The summed E-state index contributed by atoms with van der Waals surface area (Å²) in [5, 5.41) is 3.47. The molecule has 0 spiro atoms. The number of ether oxygens (including phenoxy) is 1. The van der Waals surface area contributed by atoms with E-state index in [0.717, 1.165) is 33.7 Å². The smallest absolute Gasteiger partial charge is 0.256 e. The van der Waals surface area contributed by atoms with Gasteiger partial charge < -0.3 is 9.58 Å². The van der Waals surface area contributed by atoms with Crippen molar-refractivity contribution in [1.29, 1.82) is 0 Å². The molecule has 4 aromatic rings. The van der Waals surface area contributed by atoms with Crippen LogP contribution in [-0.2, 0) is 13.6 Å². The second-order valence-corrected chi connectivity index (χ2v) is 7.23. The molecule has 0 unspecified atom stereocenters. The van der Waals surface area contributed by atoms with Crippen molar-refractivity contribution in [2.75, 3.05) is 0 Å². The Morgan fingerprint density at radius 3 is 2.67 bits per heavy atom. The van der Waals surface area contributed by atoms with Crippen LogP contribution in [0.2, 0.25) is 0 Å². The molecule has 0 amide bonds. The monoisotopic (exact) mass is 351 g/mol. The maximum atomic E-state index is 7.27. The van der Waals surface area contributed by atoms with Crippen molar-refractivity contribution >= 4 is 21.7 Å². The third kappa shape index (κ3) is 2.10. The fourth-order valence-electron chi connectivity index (χ4n) is 4.30. The Morgan fingerprint density at radius 2 is 1.85 bits per heavy atom. The fraction of sp³-hybridized carbons (Fsp3) is 0.167. The molecule has 3 aromatic carbocycles. The van der Waals surface area contributed by atoms with Crippen LogP contribution >= 0.6 is 0 Å². The highest BCUT2D eigenvalue weighted by molar-refractivity contribution is 6.05. The number of hydrogen-bond donors (Lipinski definition) is 0. The van der Waals surface area contributed by atoms with Gasteiger partial charge in [-0.1, -0.05) is 30.3 Å². The summed E-state index contributed by atoms with van der Waals surface area (Å²) in [6.45, 7) is 12.0. The Kier molecular flexibility index (Phi) is 3.26. The molecule has 27 heavy (non-hydrogen) atoms. The minimum Gasteiger partial charge on any atom is -0.450 e. The SMILES string of the molecule is [C-]#[N+]Cc1cccc2c1cc1c([n+]2C)-c2c(C)c(C)cc3cccc(c23)O1. The van der Waals surface area contributed by atoms with Gasteiger partial charge in [-0.05, 0) is 36.4 Å². The number of aromatic nitrogens is 1. The van der Waals surface area contributed by atoms with Gasteiger partial charge in [-0.15, -0.1) is 0 Å². The zero-order chi connectivity index (χ0) is 18.7. The number of rotatable bonds is 1. The van der Waals surface area contributed by atoms with Crippen LogP contribution in [0, 0.1) is 20.4 Å². The van der Waals surface area contributed by atoms with Crippen LogP contribution in [0.15, 0.2) is 48.5 Å². The van der Waals surface area contributed by atoms with Crippen molar-refractivity contribution in [3.05, 3.63) is 76.6 Å². The van der Waals surface area contributed by atoms with Gasteiger partial charge in [-0.25, -0.2) is 6.57 Å². The average molecular weight is 351 g/mol. The van der Waals surface area contributed by atoms with Crippen LogP contribution in [0.3, 0.4) is 0 Å². The molecule has 0 N–H and O–H groups in total. The highest BCUT2D eigenvalue weighted by atomic mass is 16.5. The molecule has 1 aromatic heterocycles. The first-order chi connectivity index (χ1) is 13.1. The Hall–Kier alpha value is -3.38. The molecule has 0 radical (unpaired) electrons. The second-order valence-electron chi connectivity index (χ2n) is 7.23. The van der Waals surface area contributed by atoms with Crippen LogP contribution in [-0.4, -0.2) is 0 Å². The predicted octanol–water partition coefficient (Wildman–Crippen LogP) is 5.63. The number of benzene rings is 3. The predicted molar refractivity (Wildman–Crippen MR) is 108 cm³/mol. The summed E-state index contributed by atoms with van der Waals surface area (Å²) in [6, 6.07) is 16.8. The highest BCUT2D eigenvalue weighted by Crippen LogP contribution is 2.47. The molecule has 130 valence electrons. The Labute approximate surface area is 158 Å². The summed E-state index contributed by atoms with van der Waals surface area (Å²) in [7, 11) is 2.09. The molecule has 3 nitrogen and oxygen atoms in total. The van der Waals surface area contributed by atoms with E-state index in [1.54, 1.807) is 0 Å². The molecule has 0 fully saturated rings. The Morgan fingerprint density at radius 1 is 1.04 bits per heavy atom. The molecule has 0 bridgehead atoms. The van der Waals surface area contributed by atoms with E-state index in [-0.39, 0.29) is 0 Å². The molecule has 0 saturated carbocycles. The lowest BCUT2D eigenvalue weighted by atomic mass is 9.90. The quantitative estimate of drug-likeness (QED) is 0.283. The van der Waals surface area contributed by atoms with Gasteiger partial charge in [0.15, 0.2) is 5.75 Å². The standard InChI is InChI=1S/C24H19N2O/c1-14-11-16-7-6-10-20-23(16)22(15(14)2)24-21(27-20)12-18-17(13-25-3)8-5-9-19(18)26(24)4/h5-12H,13H2,1-2,4H3/q+1. The highest BCUT2D eigenvalue weighted by Gasteiger charge is 2.31. The van der Waals surface area contributed by atoms with Gasteiger partial charge in [0.05, 0.1) is 10.9 Å². The van der Waals surface area contributed by atoms with E-state index < -0.39 is 0 Å². The van der Waals surface area contributed by atoms with Crippen LogP contribution in [0.4, 0.5) is 0 Å². The van der Waals surface area contributed by atoms with Crippen molar-refractivity contribution < 1.29 is 9.30 Å². The lowest BCUT2D eigenvalue weighted by molar-refractivity contribution is -0.633. The zero-order valence-corrected chi connectivity index (χ0v) is 15.6. The minimum atomic E-state index is 0.375. The van der Waals surface area contributed by atoms with E-state index in [1.165, 1.54) is 27.5 Å². The third-order valence-corrected chi connectivity index (χ3v) is 5.73. The van der Waals surface area contributed by atoms with Gasteiger partial charge in [-0.2, -0.15) is 4.57 Å². The summed E-state index contributed by atoms with van der Waals surface area (Å²) < 4.78 is 8.59. The van der Waals surface area contributed by atoms with E-state index in [1.807, 2.05) is 24.3 Å². The number of pyridine rings is 1. The molecule has 0 saturated heterocycles. The molecule has 2 heterocycles. The van der Waals surface area contributed by atoms with Crippen LogP contribution in [0.5, 0.6) is 11.5 Å². The van der Waals surface area contributed by atoms with Crippen molar-refractivity contribution in [2.24, 2.45) is 7.05 Å². The summed E-state index contributed by atoms with van der Waals surface area (Å²) in [6.07, 6.45) is 0. The topological polar surface area (TPSA) is 17.5 Å². The van der Waals surface area contributed by atoms with Crippen molar-refractivity contribution in [1.82, 2.24) is 0 Å². The number of hydrogen-bond acceptors (Lipinski definition) is 1. The lowest BCUT2D eigenvalue weighted by Crippen LogP contribution is -2.33. The largest absolute Gasteiger partial charge is 0.450 e. The summed E-state index contributed by atoms with van der Waals surface area (Å²) >= 11 is 0. The third-order valence-electron chi connectivity index (χ3n) is 5.73. The first kappa shape index (κ1) is 15.8. The molecular formula is C24H19N2O+. The van der Waals surface area contributed by atoms with E-state index in [2.05, 4.69) is 54.6 Å². The van der Waals surface area contributed by atoms with Gasteiger partial charge >= 0.3 is 0 Å². The molecule has 0 aliphatic carbocycles. The normalized spacial score (nSPS) is 11.9. The van der Waals surface area contributed by atoms with Crippen LogP contribution in [0.1, 0.15) is 16.7 Å². The van der Waals surface area contributed by atoms with E-state index in [0.29, 0.717) is 6.54 Å². The maximum absolute atomic E-state index is 7.27. The summed E-state index contributed by atoms with van der Waals surface area (Å²) in [4.78, 5) is 3.59. The molecule has 1 aliphatic rings. The molecule has 5 rings (SSSR count). The summed E-state index contributed by atoms with van der Waals surface area (Å²) in [5.41, 5.74) is 7.08. The molecule has 0 atom stereocenters. The Balaban J connectivity index is 1.97. The van der Waals surface area contributed by atoms with Gasteiger partial charge in [0.2, 0.25) is 12.1 Å². The van der Waals surface area contributed by atoms with Gasteiger partial charge in [0.1, 0.15) is 12.8 Å². The van der Waals surface area contributed by atoms with E-state index in [9.17, 15) is 0 Å². The van der Waals surface area contributed by atoms with Gasteiger partial charge in [0.25, 0.3) is 5.69 Å².